The van der Waals surface area contributed by atoms with E-state index in [9.17, 15) is 9.59 Å². The molecule has 0 aliphatic carbocycles. The van der Waals surface area contributed by atoms with Crippen LogP contribution < -0.4 is 15.5 Å². The maximum atomic E-state index is 12.8. The highest BCUT2D eigenvalue weighted by atomic mass is 35.5. The molecular weight excluding hydrogens is 374 g/mol. The number of nitrogens with one attached hydrogen (secondary N) is 2. The number of carbonyl (C=O) groups is 2. The number of para-hydroxylation sites is 1. The van der Waals surface area contributed by atoms with E-state index < -0.39 is 0 Å². The van der Waals surface area contributed by atoms with E-state index in [1.54, 1.807) is 29.2 Å². The number of hydrogen-bond donors (Lipinski definition) is 2. The summed E-state index contributed by atoms with van der Waals surface area (Å²) in [6, 6.07) is 16.2. The number of urea groups is 1. The van der Waals surface area contributed by atoms with Crippen molar-refractivity contribution >= 4 is 34.9 Å². The first-order valence-corrected chi connectivity index (χ1v) is 9.78. The number of anilines is 2. The Kier molecular flexibility index (Phi) is 7.88. The van der Waals surface area contributed by atoms with E-state index in [1.165, 1.54) is 0 Å². The second-order valence-electron chi connectivity index (χ2n) is 7.87. The zero-order valence-electron chi connectivity index (χ0n) is 16.7. The third-order valence-electron chi connectivity index (χ3n) is 3.98. The molecule has 0 unspecified atom stereocenters. The molecule has 0 heterocycles. The van der Waals surface area contributed by atoms with Crippen molar-refractivity contribution in [2.75, 3.05) is 23.3 Å². The molecule has 2 rings (SSSR count). The van der Waals surface area contributed by atoms with E-state index in [1.807, 2.05) is 51.1 Å². The Morgan fingerprint density at radius 3 is 2.25 bits per heavy atom. The van der Waals surface area contributed by atoms with E-state index in [-0.39, 0.29) is 17.4 Å². The second kappa shape index (κ2) is 10.1. The summed E-state index contributed by atoms with van der Waals surface area (Å²) in [5, 5.41) is 6.43. The Bertz CT molecular complexity index is 771. The zero-order chi connectivity index (χ0) is 20.6. The fourth-order valence-electron chi connectivity index (χ4n) is 2.69. The molecule has 0 atom stereocenters. The third-order valence-corrected chi connectivity index (χ3v) is 4.23. The monoisotopic (exact) mass is 401 g/mol. The number of halogens is 1. The van der Waals surface area contributed by atoms with Gasteiger partial charge in [0.05, 0.1) is 0 Å². The number of hydrogen-bond acceptors (Lipinski definition) is 2. The van der Waals surface area contributed by atoms with E-state index in [4.69, 9.17) is 11.6 Å². The fourth-order valence-corrected chi connectivity index (χ4v) is 2.82. The predicted molar refractivity (Wildman–Crippen MR) is 116 cm³/mol. The molecule has 3 amide bonds. The van der Waals surface area contributed by atoms with Crippen molar-refractivity contribution in [2.45, 2.75) is 33.6 Å². The summed E-state index contributed by atoms with van der Waals surface area (Å²) in [5.41, 5.74) is 1.43. The van der Waals surface area contributed by atoms with Crippen molar-refractivity contribution in [3.05, 3.63) is 59.6 Å². The molecule has 0 aromatic heterocycles. The lowest BCUT2D eigenvalue weighted by Gasteiger charge is -2.23. The van der Waals surface area contributed by atoms with Crippen molar-refractivity contribution in [3.8, 4) is 0 Å². The van der Waals surface area contributed by atoms with Gasteiger partial charge in [0.15, 0.2) is 0 Å². The molecule has 0 saturated heterocycles. The maximum absolute atomic E-state index is 12.8. The molecule has 2 aromatic rings. The van der Waals surface area contributed by atoms with Gasteiger partial charge in [-0.3, -0.25) is 9.69 Å². The minimum atomic E-state index is -0.227. The van der Waals surface area contributed by atoms with Crippen LogP contribution in [0.4, 0.5) is 16.2 Å². The van der Waals surface area contributed by atoms with Crippen molar-refractivity contribution in [3.63, 3.8) is 0 Å². The highest BCUT2D eigenvalue weighted by Gasteiger charge is 2.17. The maximum Gasteiger partial charge on any atom is 0.326 e. The molecular formula is C22H28ClN3O2. The Morgan fingerprint density at radius 2 is 1.64 bits per heavy atom. The lowest BCUT2D eigenvalue weighted by molar-refractivity contribution is -0.122. The first kappa shape index (κ1) is 21.8. The Labute approximate surface area is 172 Å². The van der Waals surface area contributed by atoms with Gasteiger partial charge in [-0.1, -0.05) is 50.6 Å². The third kappa shape index (κ3) is 7.61. The molecule has 5 nitrogen and oxygen atoms in total. The average Bonchev–Trinajstić information content (AvgIpc) is 2.63. The van der Waals surface area contributed by atoms with Crippen LogP contribution in [0, 0.1) is 5.41 Å². The Hall–Kier alpha value is -2.53. The zero-order valence-corrected chi connectivity index (χ0v) is 17.4. The van der Waals surface area contributed by atoms with Crippen LogP contribution in [0.2, 0.25) is 5.02 Å². The molecule has 0 radical (unpaired) electrons. The van der Waals surface area contributed by atoms with Gasteiger partial charge >= 0.3 is 6.03 Å². The van der Waals surface area contributed by atoms with Gasteiger partial charge < -0.3 is 10.6 Å². The summed E-state index contributed by atoms with van der Waals surface area (Å²) in [6.45, 7) is 7.10. The highest BCUT2D eigenvalue weighted by molar-refractivity contribution is 6.30. The van der Waals surface area contributed by atoms with E-state index in [0.29, 0.717) is 36.6 Å². The lowest BCUT2D eigenvalue weighted by atomic mass is 9.92. The van der Waals surface area contributed by atoms with Crippen molar-refractivity contribution < 1.29 is 9.59 Å². The summed E-state index contributed by atoms with van der Waals surface area (Å²) in [5.74, 6) is 0.0318. The van der Waals surface area contributed by atoms with Crippen LogP contribution >= 0.6 is 11.6 Å². The molecule has 2 aromatic carbocycles. The predicted octanol–water partition coefficient (Wildman–Crippen LogP) is 5.32. The van der Waals surface area contributed by atoms with Crippen LogP contribution in [-0.2, 0) is 4.79 Å². The quantitative estimate of drug-likeness (QED) is 0.616. The van der Waals surface area contributed by atoms with Gasteiger partial charge in [0.25, 0.3) is 0 Å². The molecule has 2 N–H and O–H groups in total. The van der Waals surface area contributed by atoms with Crippen LogP contribution in [0.5, 0.6) is 0 Å². The van der Waals surface area contributed by atoms with Gasteiger partial charge in [-0.15, -0.1) is 0 Å². The molecule has 0 aliphatic heterocycles. The number of nitrogens with zero attached hydrogens (tertiary/aromatic N) is 1. The summed E-state index contributed by atoms with van der Waals surface area (Å²) in [4.78, 5) is 26.4. The fraction of sp³-hybridized carbons (Fsp3) is 0.364. The first-order valence-electron chi connectivity index (χ1n) is 9.40. The molecule has 0 spiro atoms. The molecule has 150 valence electrons. The smallest absolute Gasteiger partial charge is 0.326 e. The first-order chi connectivity index (χ1) is 13.2. The average molecular weight is 402 g/mol. The van der Waals surface area contributed by atoms with Crippen molar-refractivity contribution in [1.82, 2.24) is 5.32 Å². The molecule has 0 bridgehead atoms. The van der Waals surface area contributed by atoms with Crippen molar-refractivity contribution in [1.29, 1.82) is 0 Å². The van der Waals surface area contributed by atoms with Gasteiger partial charge in [-0.05, 0) is 48.2 Å². The van der Waals surface area contributed by atoms with Gasteiger partial charge in [0, 0.05) is 35.9 Å². The Morgan fingerprint density at radius 1 is 1.00 bits per heavy atom. The topological polar surface area (TPSA) is 61.4 Å². The van der Waals surface area contributed by atoms with Gasteiger partial charge in [-0.25, -0.2) is 4.79 Å². The summed E-state index contributed by atoms with van der Waals surface area (Å²) >= 11 is 5.90. The van der Waals surface area contributed by atoms with E-state index in [2.05, 4.69) is 10.6 Å². The summed E-state index contributed by atoms with van der Waals surface area (Å²) in [7, 11) is 0. The molecule has 6 heteroatoms. The van der Waals surface area contributed by atoms with Crippen LogP contribution in [0.3, 0.4) is 0 Å². The van der Waals surface area contributed by atoms with E-state index in [0.717, 1.165) is 5.69 Å². The highest BCUT2D eigenvalue weighted by Crippen LogP contribution is 2.19. The van der Waals surface area contributed by atoms with Crippen LogP contribution in [0.1, 0.15) is 33.6 Å². The van der Waals surface area contributed by atoms with Crippen LogP contribution in [-0.4, -0.2) is 25.0 Å². The molecule has 0 aliphatic rings. The standard InChI is InChI=1S/C22H28ClN3O2/c1-22(2,3)16-20(27)24-14-7-15-26(19-8-5-4-6-9-19)21(28)25-18-12-10-17(23)11-13-18/h4-6,8-13H,7,14-16H2,1-3H3,(H,24,27)(H,25,28). The van der Waals surface area contributed by atoms with Gasteiger partial charge in [-0.2, -0.15) is 0 Å². The number of benzene rings is 2. The van der Waals surface area contributed by atoms with Crippen LogP contribution in [0.25, 0.3) is 0 Å². The van der Waals surface area contributed by atoms with Crippen LogP contribution in [0.15, 0.2) is 54.6 Å². The number of amides is 3. The lowest BCUT2D eigenvalue weighted by Crippen LogP contribution is -2.37. The normalized spacial score (nSPS) is 11.0. The summed E-state index contributed by atoms with van der Waals surface area (Å²) < 4.78 is 0. The SMILES string of the molecule is CC(C)(C)CC(=O)NCCCN(C(=O)Nc1ccc(Cl)cc1)c1ccccc1. The minimum Gasteiger partial charge on any atom is -0.356 e. The number of carbonyl (C=O) groups excluding carboxylic acids is 2. The second-order valence-corrected chi connectivity index (χ2v) is 8.30. The Balaban J connectivity index is 1.95. The van der Waals surface area contributed by atoms with E-state index >= 15 is 0 Å². The molecule has 0 fully saturated rings. The van der Waals surface area contributed by atoms with Gasteiger partial charge in [0.1, 0.15) is 0 Å². The van der Waals surface area contributed by atoms with Gasteiger partial charge in [0.2, 0.25) is 5.91 Å². The largest absolute Gasteiger partial charge is 0.356 e. The number of rotatable bonds is 7. The molecule has 28 heavy (non-hydrogen) atoms. The minimum absolute atomic E-state index is 0.0318. The van der Waals surface area contributed by atoms with Crippen molar-refractivity contribution in [2.24, 2.45) is 5.41 Å². The molecule has 0 saturated carbocycles. The summed E-state index contributed by atoms with van der Waals surface area (Å²) in [6.07, 6.45) is 1.13.